The van der Waals surface area contributed by atoms with Crippen LogP contribution < -0.4 is 0 Å². The topological polar surface area (TPSA) is 17.1 Å². The predicted octanol–water partition coefficient (Wildman–Crippen LogP) is 2.49. The summed E-state index contributed by atoms with van der Waals surface area (Å²) in [6.45, 7) is 2.10. The molecular weight excluding hydrogens is 131 g/mol. The third-order valence-corrected chi connectivity index (χ3v) is 1.48. The predicted molar refractivity (Wildman–Crippen MR) is 39.7 cm³/mol. The molecule has 0 saturated carbocycles. The third-order valence-electron chi connectivity index (χ3n) is 1.48. The Bertz CT molecular complexity index is 83.3. The fourth-order valence-electron chi connectivity index (χ4n) is 0.834. The van der Waals surface area contributed by atoms with Gasteiger partial charge in [0.15, 0.2) is 12.5 Å². The number of carbonyl (C=O) groups is 1. The molecule has 0 fully saturated rings. The van der Waals surface area contributed by atoms with Gasteiger partial charge in [0, 0.05) is 0 Å². The molecule has 0 aliphatic carbocycles. The molecule has 1 nitrogen and oxygen atoms in total. The highest BCUT2D eigenvalue weighted by Gasteiger charge is 2.01. The highest BCUT2D eigenvalue weighted by atomic mass is 19.1. The number of hydrogen-bond acceptors (Lipinski definition) is 1. The standard InChI is InChI=1S/C8H15FO/c1-2-3-4-5-6-8(9)7-10/h7-8H,2-6H2,1H3/t8-/m0/s1. The Labute approximate surface area is 61.6 Å². The second kappa shape index (κ2) is 6.72. The van der Waals surface area contributed by atoms with Gasteiger partial charge in [-0.25, -0.2) is 4.39 Å². The van der Waals surface area contributed by atoms with Gasteiger partial charge in [0.2, 0.25) is 0 Å². The van der Waals surface area contributed by atoms with E-state index in [0.717, 1.165) is 25.7 Å². The van der Waals surface area contributed by atoms with Crippen molar-refractivity contribution < 1.29 is 9.18 Å². The first-order valence-corrected chi connectivity index (χ1v) is 3.90. The molecule has 10 heavy (non-hydrogen) atoms. The zero-order chi connectivity index (χ0) is 7.82. The molecule has 0 radical (unpaired) electrons. The Hall–Kier alpha value is -0.400. The first kappa shape index (κ1) is 9.60. The van der Waals surface area contributed by atoms with Gasteiger partial charge in [0.05, 0.1) is 0 Å². The van der Waals surface area contributed by atoms with Gasteiger partial charge >= 0.3 is 0 Å². The summed E-state index contributed by atoms with van der Waals surface area (Å²) in [5.74, 6) is 0. The maximum Gasteiger partial charge on any atom is 0.155 e. The van der Waals surface area contributed by atoms with Crippen LogP contribution in [0.5, 0.6) is 0 Å². The Kier molecular flexibility index (Phi) is 6.45. The van der Waals surface area contributed by atoms with Gasteiger partial charge in [0.1, 0.15) is 0 Å². The fourth-order valence-corrected chi connectivity index (χ4v) is 0.834. The van der Waals surface area contributed by atoms with E-state index in [4.69, 9.17) is 0 Å². The number of alkyl halides is 1. The zero-order valence-corrected chi connectivity index (χ0v) is 6.48. The van der Waals surface area contributed by atoms with Crippen molar-refractivity contribution in [2.24, 2.45) is 0 Å². The molecule has 0 amide bonds. The number of carbonyl (C=O) groups excluding carboxylic acids is 1. The van der Waals surface area contributed by atoms with Gasteiger partial charge in [0.25, 0.3) is 0 Å². The van der Waals surface area contributed by atoms with Crippen LogP contribution in [0.1, 0.15) is 39.0 Å². The van der Waals surface area contributed by atoms with Crippen molar-refractivity contribution in [1.29, 1.82) is 0 Å². The van der Waals surface area contributed by atoms with Gasteiger partial charge in [-0.1, -0.05) is 32.6 Å². The van der Waals surface area contributed by atoms with Crippen LogP contribution in [0.25, 0.3) is 0 Å². The molecule has 0 aromatic heterocycles. The molecule has 2 heteroatoms. The Balaban J connectivity index is 2.95. The van der Waals surface area contributed by atoms with E-state index in [-0.39, 0.29) is 0 Å². The number of rotatable bonds is 6. The molecule has 0 aliphatic heterocycles. The van der Waals surface area contributed by atoms with Crippen molar-refractivity contribution in [1.82, 2.24) is 0 Å². The van der Waals surface area contributed by atoms with E-state index < -0.39 is 6.17 Å². The Morgan fingerprint density at radius 2 is 2.10 bits per heavy atom. The van der Waals surface area contributed by atoms with Gasteiger partial charge in [-0.15, -0.1) is 0 Å². The molecule has 0 aromatic carbocycles. The van der Waals surface area contributed by atoms with Gasteiger partial charge in [-0.3, -0.25) is 0 Å². The molecular formula is C8H15FO. The average molecular weight is 146 g/mol. The van der Waals surface area contributed by atoms with E-state index in [1.54, 1.807) is 0 Å². The molecule has 1 atom stereocenters. The fraction of sp³-hybridized carbons (Fsp3) is 0.875. The van der Waals surface area contributed by atoms with Crippen LogP contribution in [0, 0.1) is 0 Å². The lowest BCUT2D eigenvalue weighted by molar-refractivity contribution is -0.112. The molecule has 0 bridgehead atoms. The maximum atomic E-state index is 12.2. The van der Waals surface area contributed by atoms with E-state index >= 15 is 0 Å². The van der Waals surface area contributed by atoms with Crippen molar-refractivity contribution >= 4 is 6.29 Å². The maximum absolute atomic E-state index is 12.2. The smallest absolute Gasteiger partial charge is 0.155 e. The molecule has 0 heterocycles. The largest absolute Gasteiger partial charge is 0.300 e. The van der Waals surface area contributed by atoms with Crippen molar-refractivity contribution in [3.05, 3.63) is 0 Å². The number of hydrogen-bond donors (Lipinski definition) is 0. The van der Waals surface area contributed by atoms with Crippen LogP contribution >= 0.6 is 0 Å². The summed E-state index contributed by atoms with van der Waals surface area (Å²) < 4.78 is 12.2. The summed E-state index contributed by atoms with van der Waals surface area (Å²) in [6, 6.07) is 0. The second-order valence-corrected chi connectivity index (χ2v) is 2.50. The van der Waals surface area contributed by atoms with E-state index in [1.807, 2.05) is 0 Å². The minimum Gasteiger partial charge on any atom is -0.300 e. The quantitative estimate of drug-likeness (QED) is 0.415. The minimum atomic E-state index is -1.23. The van der Waals surface area contributed by atoms with Crippen LogP contribution in [-0.4, -0.2) is 12.5 Å². The van der Waals surface area contributed by atoms with Crippen molar-refractivity contribution in [3.8, 4) is 0 Å². The summed E-state index contributed by atoms with van der Waals surface area (Å²) in [6.07, 6.45) is 3.74. The first-order valence-electron chi connectivity index (χ1n) is 3.90. The first-order chi connectivity index (χ1) is 4.81. The number of unbranched alkanes of at least 4 members (excludes halogenated alkanes) is 3. The number of aldehydes is 1. The van der Waals surface area contributed by atoms with Crippen LogP contribution in [0.2, 0.25) is 0 Å². The molecule has 0 aromatic rings. The van der Waals surface area contributed by atoms with Crippen LogP contribution in [0.4, 0.5) is 4.39 Å². The normalized spacial score (nSPS) is 13.0. The van der Waals surface area contributed by atoms with Gasteiger partial charge < -0.3 is 4.79 Å². The summed E-state index contributed by atoms with van der Waals surface area (Å²) >= 11 is 0. The zero-order valence-electron chi connectivity index (χ0n) is 6.48. The van der Waals surface area contributed by atoms with Crippen molar-refractivity contribution in [3.63, 3.8) is 0 Å². The average Bonchev–Trinajstić information content (AvgIpc) is 1.98. The lowest BCUT2D eigenvalue weighted by atomic mass is 10.1. The third kappa shape index (κ3) is 5.73. The van der Waals surface area contributed by atoms with Crippen LogP contribution in [0.3, 0.4) is 0 Å². The van der Waals surface area contributed by atoms with E-state index in [1.165, 1.54) is 0 Å². The molecule has 60 valence electrons. The Morgan fingerprint density at radius 1 is 1.40 bits per heavy atom. The number of halogens is 1. The summed E-state index contributed by atoms with van der Waals surface area (Å²) in [5, 5.41) is 0. The van der Waals surface area contributed by atoms with Crippen molar-refractivity contribution in [2.75, 3.05) is 0 Å². The molecule has 0 N–H and O–H groups in total. The molecule has 0 spiro atoms. The molecule has 0 rings (SSSR count). The SMILES string of the molecule is CCCCCC[C@H](F)C=O. The second-order valence-electron chi connectivity index (χ2n) is 2.50. The van der Waals surface area contributed by atoms with E-state index in [2.05, 4.69) is 6.92 Å². The monoisotopic (exact) mass is 146 g/mol. The van der Waals surface area contributed by atoms with E-state index in [9.17, 15) is 9.18 Å². The molecule has 0 unspecified atom stereocenters. The van der Waals surface area contributed by atoms with Crippen LogP contribution in [-0.2, 0) is 4.79 Å². The van der Waals surface area contributed by atoms with Crippen LogP contribution in [0.15, 0.2) is 0 Å². The molecule has 0 saturated heterocycles. The lowest BCUT2D eigenvalue weighted by Crippen LogP contribution is -1.99. The summed E-state index contributed by atoms with van der Waals surface area (Å²) in [5.41, 5.74) is 0. The summed E-state index contributed by atoms with van der Waals surface area (Å²) in [7, 11) is 0. The van der Waals surface area contributed by atoms with Gasteiger partial charge in [-0.2, -0.15) is 0 Å². The Morgan fingerprint density at radius 3 is 2.60 bits per heavy atom. The van der Waals surface area contributed by atoms with E-state index in [0.29, 0.717) is 12.7 Å². The van der Waals surface area contributed by atoms with Crippen molar-refractivity contribution in [2.45, 2.75) is 45.2 Å². The minimum absolute atomic E-state index is 0.381. The lowest BCUT2D eigenvalue weighted by Gasteiger charge is -1.98. The highest BCUT2D eigenvalue weighted by molar-refractivity contribution is 5.55. The van der Waals surface area contributed by atoms with Gasteiger partial charge in [-0.05, 0) is 6.42 Å². The highest BCUT2D eigenvalue weighted by Crippen LogP contribution is 2.05. The molecule has 0 aliphatic rings. The summed E-state index contributed by atoms with van der Waals surface area (Å²) in [4.78, 5) is 9.79.